The molecule has 1 saturated carbocycles. The highest BCUT2D eigenvalue weighted by Crippen LogP contribution is 2.26. The van der Waals surface area contributed by atoms with Crippen LogP contribution in [0.2, 0.25) is 0 Å². The average molecular weight is 491 g/mol. The van der Waals surface area contributed by atoms with E-state index < -0.39 is 0 Å². The van der Waals surface area contributed by atoms with Gasteiger partial charge in [0, 0.05) is 36.6 Å². The van der Waals surface area contributed by atoms with Crippen molar-refractivity contribution >= 4 is 41.3 Å². The Morgan fingerprint density at radius 2 is 1.88 bits per heavy atom. The van der Waals surface area contributed by atoms with Gasteiger partial charge in [-0.1, -0.05) is 12.8 Å². The second-order valence-corrected chi connectivity index (χ2v) is 8.62. The smallest absolute Gasteiger partial charge is 0.191 e. The summed E-state index contributed by atoms with van der Waals surface area (Å²) < 4.78 is 0. The van der Waals surface area contributed by atoms with Crippen molar-refractivity contribution in [3.05, 3.63) is 15.6 Å². The van der Waals surface area contributed by atoms with Crippen LogP contribution in [0.25, 0.3) is 0 Å². The van der Waals surface area contributed by atoms with Crippen LogP contribution in [-0.2, 0) is 6.54 Å². The van der Waals surface area contributed by atoms with Gasteiger partial charge in [-0.2, -0.15) is 0 Å². The zero-order valence-corrected chi connectivity index (χ0v) is 19.5. The second-order valence-electron chi connectivity index (χ2n) is 7.33. The molecule has 2 fully saturated rings. The molecule has 3 rings (SSSR count). The Kier molecular flexibility index (Phi) is 9.09. The minimum absolute atomic E-state index is 0. The molecule has 0 bridgehead atoms. The Hall–Kier alpha value is -0.410. The van der Waals surface area contributed by atoms with E-state index in [4.69, 9.17) is 4.99 Å². The molecule has 2 N–H and O–H groups in total. The Bertz CT molecular complexity index is 574. The van der Waals surface area contributed by atoms with Crippen LogP contribution in [-0.4, -0.2) is 47.6 Å². The van der Waals surface area contributed by atoms with Crippen LogP contribution < -0.4 is 10.6 Å². The number of hydrogen-bond acceptors (Lipinski definition) is 4. The highest BCUT2D eigenvalue weighted by Gasteiger charge is 2.27. The molecule has 0 spiro atoms. The van der Waals surface area contributed by atoms with Gasteiger partial charge in [0.05, 0.1) is 17.2 Å². The number of likely N-dealkylation sites (tertiary alicyclic amines) is 1. The Labute approximate surface area is 179 Å². The molecule has 1 aliphatic heterocycles. The lowest BCUT2D eigenvalue weighted by molar-refractivity contribution is 0.150. The third-order valence-corrected chi connectivity index (χ3v) is 6.49. The molecule has 26 heavy (non-hydrogen) atoms. The van der Waals surface area contributed by atoms with Gasteiger partial charge < -0.3 is 15.5 Å². The van der Waals surface area contributed by atoms with Gasteiger partial charge >= 0.3 is 0 Å². The average Bonchev–Trinajstić information content (AvgIpc) is 3.23. The number of halogens is 1. The summed E-state index contributed by atoms with van der Waals surface area (Å²) in [4.78, 5) is 13.3. The van der Waals surface area contributed by atoms with Crippen LogP contribution in [0.15, 0.2) is 4.99 Å². The number of aliphatic imine (C=N–C) groups is 1. The van der Waals surface area contributed by atoms with E-state index in [1.54, 1.807) is 11.3 Å². The van der Waals surface area contributed by atoms with Gasteiger partial charge in [-0.3, -0.25) is 0 Å². The minimum atomic E-state index is 0. The Balaban J connectivity index is 0.00000243. The lowest BCUT2D eigenvalue weighted by Crippen LogP contribution is -2.50. The van der Waals surface area contributed by atoms with Gasteiger partial charge in [0.2, 0.25) is 0 Å². The topological polar surface area (TPSA) is 52.6 Å². The highest BCUT2D eigenvalue weighted by atomic mass is 127. The third kappa shape index (κ3) is 6.05. The molecule has 148 valence electrons. The van der Waals surface area contributed by atoms with Crippen molar-refractivity contribution in [3.63, 3.8) is 0 Å². The summed E-state index contributed by atoms with van der Waals surface area (Å²) in [5, 5.41) is 8.19. The van der Waals surface area contributed by atoms with Crippen LogP contribution in [0.3, 0.4) is 0 Å². The maximum atomic E-state index is 4.80. The lowest BCUT2D eigenvalue weighted by Gasteiger charge is -2.36. The normalized spacial score (nSPS) is 20.2. The predicted molar refractivity (Wildman–Crippen MR) is 122 cm³/mol. The van der Waals surface area contributed by atoms with Crippen LogP contribution in [0.5, 0.6) is 0 Å². The van der Waals surface area contributed by atoms with Crippen molar-refractivity contribution in [1.29, 1.82) is 0 Å². The summed E-state index contributed by atoms with van der Waals surface area (Å²) in [5.41, 5.74) is 1.12. The summed E-state index contributed by atoms with van der Waals surface area (Å²) in [6.45, 7) is 10.3. The van der Waals surface area contributed by atoms with Gasteiger partial charge in [0.15, 0.2) is 5.96 Å². The zero-order chi connectivity index (χ0) is 17.6. The van der Waals surface area contributed by atoms with E-state index in [0.29, 0.717) is 12.6 Å². The van der Waals surface area contributed by atoms with E-state index >= 15 is 0 Å². The van der Waals surface area contributed by atoms with Crippen molar-refractivity contribution in [1.82, 2.24) is 20.5 Å². The molecule has 1 saturated heterocycles. The number of aryl methyl sites for hydroxylation is 2. The monoisotopic (exact) mass is 491 g/mol. The molecule has 5 nitrogen and oxygen atoms in total. The van der Waals surface area contributed by atoms with E-state index in [9.17, 15) is 0 Å². The first kappa shape index (κ1) is 21.9. The summed E-state index contributed by atoms with van der Waals surface area (Å²) in [6.07, 6.45) is 8.12. The fourth-order valence-electron chi connectivity index (χ4n) is 4.06. The van der Waals surface area contributed by atoms with Gasteiger partial charge in [0.1, 0.15) is 0 Å². The predicted octanol–water partition coefficient (Wildman–Crippen LogP) is 3.84. The molecule has 2 heterocycles. The number of nitrogens with zero attached hydrogens (tertiary/aromatic N) is 3. The van der Waals surface area contributed by atoms with Gasteiger partial charge in [-0.15, -0.1) is 35.3 Å². The van der Waals surface area contributed by atoms with Gasteiger partial charge in [0.25, 0.3) is 0 Å². The molecule has 1 aromatic heterocycles. The molecule has 1 aromatic rings. The van der Waals surface area contributed by atoms with Crippen LogP contribution in [0, 0.1) is 13.8 Å². The molecule has 0 radical (unpaired) electrons. The SMILES string of the molecule is CCNC(=NCc1sc(C)nc1C)NC1CCN(C2CCCC2)CC1.I. The van der Waals surface area contributed by atoms with Crippen molar-refractivity contribution in [2.45, 2.75) is 77.9 Å². The number of nitrogens with one attached hydrogen (secondary N) is 2. The van der Waals surface area contributed by atoms with Crippen molar-refractivity contribution < 1.29 is 0 Å². The maximum absolute atomic E-state index is 4.80. The van der Waals surface area contributed by atoms with E-state index in [0.717, 1.165) is 29.2 Å². The highest BCUT2D eigenvalue weighted by molar-refractivity contribution is 14.0. The molecule has 0 amide bonds. The molecular weight excluding hydrogens is 457 g/mol. The summed E-state index contributed by atoms with van der Waals surface area (Å²) >= 11 is 1.75. The number of rotatable bonds is 5. The summed E-state index contributed by atoms with van der Waals surface area (Å²) in [5.74, 6) is 0.951. The Morgan fingerprint density at radius 1 is 1.19 bits per heavy atom. The van der Waals surface area contributed by atoms with Crippen molar-refractivity contribution in [2.24, 2.45) is 4.99 Å². The number of guanidine groups is 1. The van der Waals surface area contributed by atoms with Crippen molar-refractivity contribution in [2.75, 3.05) is 19.6 Å². The molecule has 0 atom stereocenters. The van der Waals surface area contributed by atoms with Crippen molar-refractivity contribution in [3.8, 4) is 0 Å². The fraction of sp³-hybridized carbons (Fsp3) is 0.789. The maximum Gasteiger partial charge on any atom is 0.191 e. The van der Waals surface area contributed by atoms with Gasteiger partial charge in [-0.05, 0) is 46.5 Å². The standard InChI is InChI=1S/C19H33N5S.HI/c1-4-20-19(21-13-18-14(2)22-15(3)25-18)23-16-9-11-24(12-10-16)17-7-5-6-8-17;/h16-17H,4-13H2,1-3H3,(H2,20,21,23);1H. The molecule has 0 aromatic carbocycles. The molecular formula is C19H34IN5S. The first-order valence-corrected chi connectivity index (χ1v) is 10.7. The molecule has 7 heteroatoms. The van der Waals surface area contributed by atoms with Crippen LogP contribution in [0.4, 0.5) is 0 Å². The minimum Gasteiger partial charge on any atom is -0.357 e. The first-order chi connectivity index (χ1) is 12.2. The fourth-order valence-corrected chi connectivity index (χ4v) is 4.92. The molecule has 1 aliphatic carbocycles. The molecule has 0 unspecified atom stereocenters. The van der Waals surface area contributed by atoms with E-state index in [1.807, 2.05) is 0 Å². The quantitative estimate of drug-likeness (QED) is 0.374. The summed E-state index contributed by atoms with van der Waals surface area (Å²) in [6, 6.07) is 1.40. The van der Waals surface area contributed by atoms with E-state index in [-0.39, 0.29) is 24.0 Å². The number of aromatic nitrogens is 1. The number of piperidine rings is 1. The van der Waals surface area contributed by atoms with E-state index in [2.05, 4.69) is 41.3 Å². The van der Waals surface area contributed by atoms with Crippen LogP contribution in [0.1, 0.15) is 61.0 Å². The van der Waals surface area contributed by atoms with Gasteiger partial charge in [-0.25, -0.2) is 9.98 Å². The third-order valence-electron chi connectivity index (χ3n) is 5.44. The molecule has 2 aliphatic rings. The Morgan fingerprint density at radius 3 is 2.46 bits per heavy atom. The van der Waals surface area contributed by atoms with E-state index in [1.165, 1.54) is 56.5 Å². The second kappa shape index (κ2) is 10.8. The first-order valence-electron chi connectivity index (χ1n) is 9.87. The van der Waals surface area contributed by atoms with Crippen LogP contribution >= 0.6 is 35.3 Å². The summed E-state index contributed by atoms with van der Waals surface area (Å²) in [7, 11) is 0. The number of thiazole rings is 1. The lowest BCUT2D eigenvalue weighted by atomic mass is 10.0. The zero-order valence-electron chi connectivity index (χ0n) is 16.4. The largest absolute Gasteiger partial charge is 0.357 e. The number of hydrogen-bond donors (Lipinski definition) is 2.